The molecular weight excluding hydrogens is 528 g/mol. The van der Waals surface area contributed by atoms with E-state index >= 15 is 0 Å². The van der Waals surface area contributed by atoms with E-state index in [4.69, 9.17) is 33.5 Å². The standard InChI is InChI=1S/C10H17NO4.C9H17NO3.C8H14O4/c1-5-6(2)10(14-7(3)12)15-8(5)9(13)11-4;1-5-6(2)9(12-4)13-7(5)8(11)10-3;1-4-5(2)8(11-3)12-6(4)7(9)10/h5-6,8,10H,1-4H3,(H,11,13);5-7,9H,1-4H3,(H,10,11);4-6,8H,1-3H3,(H,9,10)/t5-,6+,8-,10?;5-,6+,7-,9?;4-,5+,6-,8?/m000/s1. The van der Waals surface area contributed by atoms with Crippen molar-refractivity contribution >= 4 is 23.8 Å². The van der Waals surface area contributed by atoms with E-state index in [2.05, 4.69) is 10.6 Å². The zero-order valence-corrected chi connectivity index (χ0v) is 25.5. The van der Waals surface area contributed by atoms with E-state index in [1.165, 1.54) is 14.0 Å². The number of esters is 1. The van der Waals surface area contributed by atoms with E-state index in [1.807, 2.05) is 41.5 Å². The van der Waals surface area contributed by atoms with Gasteiger partial charge in [-0.05, 0) is 11.8 Å². The first-order valence-electron chi connectivity index (χ1n) is 13.5. The number of carboxylic acid groups (broad SMARTS) is 1. The molecule has 0 aromatic carbocycles. The fourth-order valence-electron chi connectivity index (χ4n) is 4.76. The number of aliphatic carboxylic acids is 1. The Morgan fingerprint density at radius 1 is 0.600 bits per heavy atom. The summed E-state index contributed by atoms with van der Waals surface area (Å²) < 4.78 is 31.1. The van der Waals surface area contributed by atoms with Crippen molar-refractivity contribution in [2.24, 2.45) is 35.5 Å². The minimum Gasteiger partial charge on any atom is -0.479 e. The van der Waals surface area contributed by atoms with Crippen molar-refractivity contribution in [3.05, 3.63) is 0 Å². The molecule has 13 heteroatoms. The minimum absolute atomic E-state index is 0.00690. The Morgan fingerprint density at radius 2 is 0.925 bits per heavy atom. The quantitative estimate of drug-likeness (QED) is 0.391. The Bertz CT molecular complexity index is 856. The number of rotatable bonds is 6. The zero-order chi connectivity index (χ0) is 30.9. The molecule has 0 saturated carbocycles. The molecular formula is C27H48N2O11. The maximum Gasteiger partial charge on any atom is 0.333 e. The molecule has 0 spiro atoms. The lowest BCUT2D eigenvalue weighted by molar-refractivity contribution is -0.180. The maximum absolute atomic E-state index is 11.4. The highest BCUT2D eigenvalue weighted by molar-refractivity contribution is 5.81. The Hall–Kier alpha value is -2.32. The molecule has 3 rings (SSSR count). The van der Waals surface area contributed by atoms with Crippen LogP contribution in [0, 0.1) is 35.5 Å². The number of carbonyl (C=O) groups excluding carboxylic acids is 3. The van der Waals surface area contributed by atoms with Crippen molar-refractivity contribution in [1.29, 1.82) is 0 Å². The van der Waals surface area contributed by atoms with Crippen molar-refractivity contribution in [3.8, 4) is 0 Å². The summed E-state index contributed by atoms with van der Waals surface area (Å²) in [6.45, 7) is 13.0. The van der Waals surface area contributed by atoms with Crippen LogP contribution >= 0.6 is 0 Å². The number of methoxy groups -OCH3 is 2. The molecule has 3 aliphatic rings. The summed E-state index contributed by atoms with van der Waals surface area (Å²) >= 11 is 0. The van der Waals surface area contributed by atoms with Crippen molar-refractivity contribution in [1.82, 2.24) is 10.6 Å². The molecule has 3 heterocycles. The maximum atomic E-state index is 11.4. The lowest BCUT2D eigenvalue weighted by atomic mass is 9.93. The topological polar surface area (TPSA) is 168 Å². The van der Waals surface area contributed by atoms with E-state index < -0.39 is 30.4 Å². The second-order valence-corrected chi connectivity index (χ2v) is 10.6. The molecule has 0 aromatic rings. The second kappa shape index (κ2) is 16.2. The van der Waals surface area contributed by atoms with Gasteiger partial charge in [-0.25, -0.2) is 4.79 Å². The Balaban J connectivity index is 0.000000302. The highest BCUT2D eigenvalue weighted by Gasteiger charge is 2.45. The summed E-state index contributed by atoms with van der Waals surface area (Å²) in [5.41, 5.74) is 0. The van der Waals surface area contributed by atoms with Gasteiger partial charge in [0.05, 0.1) is 0 Å². The van der Waals surface area contributed by atoms with Gasteiger partial charge in [-0.1, -0.05) is 41.5 Å². The summed E-state index contributed by atoms with van der Waals surface area (Å²) in [6, 6.07) is 0. The van der Waals surface area contributed by atoms with Crippen LogP contribution in [-0.4, -0.2) is 94.4 Å². The van der Waals surface area contributed by atoms with Crippen LogP contribution in [0.15, 0.2) is 0 Å². The molecule has 0 aliphatic carbocycles. The molecule has 13 nitrogen and oxygen atoms in total. The monoisotopic (exact) mass is 576 g/mol. The van der Waals surface area contributed by atoms with Gasteiger partial charge >= 0.3 is 11.9 Å². The van der Waals surface area contributed by atoms with Crippen LogP contribution in [0.2, 0.25) is 0 Å². The van der Waals surface area contributed by atoms with Crippen molar-refractivity contribution < 1.29 is 52.7 Å². The number of nitrogens with one attached hydrogen (secondary N) is 2. The summed E-state index contributed by atoms with van der Waals surface area (Å²) in [5.74, 6) is -0.889. The van der Waals surface area contributed by atoms with Gasteiger partial charge in [0, 0.05) is 58.9 Å². The Kier molecular flexibility index (Phi) is 14.5. The molecule has 0 aromatic heterocycles. The zero-order valence-electron chi connectivity index (χ0n) is 25.5. The number of amides is 2. The van der Waals surface area contributed by atoms with E-state index in [0.717, 1.165) is 0 Å². The van der Waals surface area contributed by atoms with Crippen LogP contribution in [0.1, 0.15) is 48.5 Å². The SMILES string of the molecule is CNC(=O)[C@H]1OC(OC(C)=O)[C@H](C)[C@@H]1C.CNC(=O)[C@H]1OC(OC)[C@H](C)[C@@H]1C.COC1O[C@H](C(=O)O)[C@@H](C)[C@H]1C. The van der Waals surface area contributed by atoms with Crippen molar-refractivity contribution in [3.63, 3.8) is 0 Å². The molecule has 40 heavy (non-hydrogen) atoms. The lowest BCUT2D eigenvalue weighted by Gasteiger charge is -2.14. The lowest BCUT2D eigenvalue weighted by Crippen LogP contribution is -2.35. The largest absolute Gasteiger partial charge is 0.479 e. The van der Waals surface area contributed by atoms with Crippen LogP contribution in [-0.2, 0) is 47.6 Å². The third kappa shape index (κ3) is 8.84. The van der Waals surface area contributed by atoms with Crippen LogP contribution in [0.4, 0.5) is 0 Å². The van der Waals surface area contributed by atoms with Gasteiger partial charge in [0.1, 0.15) is 12.2 Å². The number of carboxylic acids is 1. The summed E-state index contributed by atoms with van der Waals surface area (Å²) in [6.07, 6.45) is -2.86. The molecule has 3 aliphatic heterocycles. The predicted molar refractivity (Wildman–Crippen MR) is 143 cm³/mol. The Morgan fingerprint density at radius 3 is 1.20 bits per heavy atom. The number of hydrogen-bond acceptors (Lipinski definition) is 10. The number of likely N-dealkylation sites (N-methyl/N-ethyl adjacent to an activating group) is 2. The van der Waals surface area contributed by atoms with E-state index in [9.17, 15) is 19.2 Å². The normalized spacial score (nSPS) is 38.3. The summed E-state index contributed by atoms with van der Waals surface area (Å²) in [5, 5.41) is 13.8. The summed E-state index contributed by atoms with van der Waals surface area (Å²) in [7, 11) is 6.30. The molecule has 12 atom stereocenters. The highest BCUT2D eigenvalue weighted by Crippen LogP contribution is 2.34. The average Bonchev–Trinajstić information content (AvgIpc) is 3.49. The van der Waals surface area contributed by atoms with E-state index in [0.29, 0.717) is 0 Å². The number of carbonyl (C=O) groups is 4. The summed E-state index contributed by atoms with van der Waals surface area (Å²) in [4.78, 5) is 44.2. The van der Waals surface area contributed by atoms with Gasteiger partial charge in [-0.2, -0.15) is 0 Å². The first kappa shape index (κ1) is 35.7. The van der Waals surface area contributed by atoms with E-state index in [1.54, 1.807) is 21.2 Å². The van der Waals surface area contributed by atoms with Gasteiger partial charge < -0.3 is 44.2 Å². The third-order valence-corrected chi connectivity index (χ3v) is 8.05. The molecule has 3 N–H and O–H groups in total. The van der Waals surface area contributed by atoms with E-state index in [-0.39, 0.29) is 66.0 Å². The van der Waals surface area contributed by atoms with Crippen molar-refractivity contribution in [2.45, 2.75) is 85.6 Å². The highest BCUT2D eigenvalue weighted by atomic mass is 16.7. The van der Waals surface area contributed by atoms with Crippen LogP contribution < -0.4 is 10.6 Å². The van der Waals surface area contributed by atoms with Crippen LogP contribution in [0.5, 0.6) is 0 Å². The second-order valence-electron chi connectivity index (χ2n) is 10.6. The molecule has 3 fully saturated rings. The van der Waals surface area contributed by atoms with Gasteiger partial charge in [0.25, 0.3) is 0 Å². The van der Waals surface area contributed by atoms with Gasteiger partial charge in [0.2, 0.25) is 18.1 Å². The molecule has 3 saturated heterocycles. The number of ether oxygens (including phenoxy) is 6. The van der Waals surface area contributed by atoms with Crippen LogP contribution in [0.3, 0.4) is 0 Å². The van der Waals surface area contributed by atoms with Gasteiger partial charge in [-0.3, -0.25) is 14.4 Å². The molecule has 0 bridgehead atoms. The average molecular weight is 577 g/mol. The smallest absolute Gasteiger partial charge is 0.333 e. The third-order valence-electron chi connectivity index (χ3n) is 8.05. The van der Waals surface area contributed by atoms with Crippen molar-refractivity contribution in [2.75, 3.05) is 28.3 Å². The predicted octanol–water partition coefficient (Wildman–Crippen LogP) is 1.38. The fourth-order valence-corrected chi connectivity index (χ4v) is 4.76. The molecule has 2 amide bonds. The molecule has 232 valence electrons. The molecule has 3 unspecified atom stereocenters. The van der Waals surface area contributed by atoms with Gasteiger partial charge in [-0.15, -0.1) is 0 Å². The fraction of sp³-hybridized carbons (Fsp3) is 0.852. The Labute approximate surface area is 236 Å². The van der Waals surface area contributed by atoms with Gasteiger partial charge in [0.15, 0.2) is 18.7 Å². The first-order chi connectivity index (χ1) is 18.7. The minimum atomic E-state index is -0.908. The van der Waals surface area contributed by atoms with Crippen LogP contribution in [0.25, 0.3) is 0 Å². The number of hydrogen-bond donors (Lipinski definition) is 3. The molecule has 0 radical (unpaired) electrons. The first-order valence-corrected chi connectivity index (χ1v) is 13.5.